The molecule has 1 nitrogen and oxygen atoms in total. The lowest BCUT2D eigenvalue weighted by Crippen LogP contribution is -2.21. The minimum absolute atomic E-state index is 0.0237. The van der Waals surface area contributed by atoms with Gasteiger partial charge in [-0.3, -0.25) is 0 Å². The van der Waals surface area contributed by atoms with Crippen molar-refractivity contribution >= 4 is 5.69 Å². The van der Waals surface area contributed by atoms with Crippen LogP contribution in [-0.2, 0) is 5.41 Å². The number of fused-ring (bicyclic) bond motifs is 1. The third kappa shape index (κ3) is 2.47. The Labute approximate surface area is 150 Å². The first-order chi connectivity index (χ1) is 12.0. The van der Waals surface area contributed by atoms with Gasteiger partial charge >= 0.3 is 0 Å². The molecule has 0 radical (unpaired) electrons. The van der Waals surface area contributed by atoms with E-state index in [1.165, 1.54) is 33.5 Å². The number of hydrogen-bond acceptors (Lipinski definition) is 1. The number of hydrogen-bond donors (Lipinski definition) is 0. The summed E-state index contributed by atoms with van der Waals surface area (Å²) in [5.41, 5.74) is 8.75. The molecule has 0 bridgehead atoms. The molecule has 3 aromatic rings. The molecule has 0 saturated carbocycles. The Morgan fingerprint density at radius 1 is 0.720 bits per heavy atom. The summed E-state index contributed by atoms with van der Waals surface area (Å²) < 4.78 is 0. The monoisotopic (exact) mass is 325 g/mol. The maximum atomic E-state index is 4.28. The average molecular weight is 325 g/mol. The Morgan fingerprint density at radius 2 is 1.24 bits per heavy atom. The Bertz CT molecular complexity index is 934. The topological polar surface area (TPSA) is 3.24 Å². The maximum Gasteiger partial charge on any atom is 0.0448 e. The first kappa shape index (κ1) is 15.7. The summed E-state index contributed by atoms with van der Waals surface area (Å²) in [6.45, 7) is 8.78. The summed E-state index contributed by atoms with van der Waals surface area (Å²) in [5, 5.41) is 0. The van der Waals surface area contributed by atoms with E-state index in [2.05, 4.69) is 105 Å². The van der Waals surface area contributed by atoms with Gasteiger partial charge in [0.1, 0.15) is 0 Å². The number of benzene rings is 3. The first-order valence-corrected chi connectivity index (χ1v) is 8.72. The molecule has 1 aliphatic rings. The fourth-order valence-corrected chi connectivity index (χ4v) is 3.71. The van der Waals surface area contributed by atoms with Crippen molar-refractivity contribution in [2.75, 3.05) is 11.9 Å². The van der Waals surface area contributed by atoms with Gasteiger partial charge < -0.3 is 4.90 Å². The summed E-state index contributed by atoms with van der Waals surface area (Å²) in [7, 11) is 2.10. The van der Waals surface area contributed by atoms with Gasteiger partial charge in [-0.2, -0.15) is 0 Å². The van der Waals surface area contributed by atoms with E-state index in [1.54, 1.807) is 0 Å². The van der Waals surface area contributed by atoms with Crippen molar-refractivity contribution in [2.24, 2.45) is 0 Å². The number of allylic oxidation sites excluding steroid dienone is 1. The average Bonchev–Trinajstić information content (AvgIpc) is 2.83. The Hall–Kier alpha value is -2.80. The van der Waals surface area contributed by atoms with Gasteiger partial charge in [-0.1, -0.05) is 81.1 Å². The first-order valence-electron chi connectivity index (χ1n) is 8.72. The summed E-state index contributed by atoms with van der Waals surface area (Å²) in [6, 6.07) is 26.1. The normalized spacial score (nSPS) is 15.3. The molecule has 3 aromatic carbocycles. The smallest absolute Gasteiger partial charge is 0.0448 e. The van der Waals surface area contributed by atoms with Gasteiger partial charge in [0.15, 0.2) is 0 Å². The van der Waals surface area contributed by atoms with Crippen LogP contribution in [0.15, 0.2) is 85.1 Å². The van der Waals surface area contributed by atoms with Crippen LogP contribution in [0, 0.1) is 0 Å². The molecule has 0 spiro atoms. The fourth-order valence-electron chi connectivity index (χ4n) is 3.71. The highest BCUT2D eigenvalue weighted by Gasteiger charge is 2.37. The van der Waals surface area contributed by atoms with Gasteiger partial charge in [-0.05, 0) is 39.9 Å². The molecule has 0 amide bonds. The highest BCUT2D eigenvalue weighted by atomic mass is 15.1. The van der Waals surface area contributed by atoms with Crippen LogP contribution in [0.2, 0.25) is 0 Å². The Balaban J connectivity index is 1.72. The molecule has 1 aliphatic heterocycles. The van der Waals surface area contributed by atoms with Crippen LogP contribution in [0.25, 0.3) is 22.3 Å². The molecule has 1 heterocycles. The van der Waals surface area contributed by atoms with E-state index >= 15 is 0 Å². The second-order valence-corrected chi connectivity index (χ2v) is 7.31. The van der Waals surface area contributed by atoms with Gasteiger partial charge in [-0.15, -0.1) is 0 Å². The lowest BCUT2D eigenvalue weighted by Gasteiger charge is -2.22. The van der Waals surface area contributed by atoms with Crippen LogP contribution in [-0.4, -0.2) is 7.05 Å². The predicted molar refractivity (Wildman–Crippen MR) is 108 cm³/mol. The summed E-state index contributed by atoms with van der Waals surface area (Å²) in [6.07, 6.45) is 0. The SMILES string of the molecule is C=C1N(C)c2ccc(-c3ccc(-c4ccccc4)cc3)cc2C1(C)C. The van der Waals surface area contributed by atoms with Crippen molar-refractivity contribution in [3.05, 3.63) is 90.6 Å². The van der Waals surface area contributed by atoms with Crippen molar-refractivity contribution in [1.29, 1.82) is 0 Å². The zero-order valence-corrected chi connectivity index (χ0v) is 15.1. The van der Waals surface area contributed by atoms with E-state index in [0.29, 0.717) is 0 Å². The van der Waals surface area contributed by atoms with Gasteiger partial charge in [-0.25, -0.2) is 0 Å². The van der Waals surface area contributed by atoms with Gasteiger partial charge in [0, 0.05) is 23.8 Å². The van der Waals surface area contributed by atoms with Crippen molar-refractivity contribution in [1.82, 2.24) is 0 Å². The summed E-state index contributed by atoms with van der Waals surface area (Å²) >= 11 is 0. The molecule has 0 aromatic heterocycles. The lowest BCUT2D eigenvalue weighted by molar-refractivity contribution is 0.643. The fraction of sp³-hybridized carbons (Fsp3) is 0.167. The minimum Gasteiger partial charge on any atom is -0.348 e. The zero-order chi connectivity index (χ0) is 17.6. The Morgan fingerprint density at radius 3 is 1.88 bits per heavy atom. The van der Waals surface area contributed by atoms with Crippen LogP contribution in [0.4, 0.5) is 5.69 Å². The van der Waals surface area contributed by atoms with Crippen LogP contribution < -0.4 is 4.90 Å². The van der Waals surface area contributed by atoms with E-state index in [4.69, 9.17) is 0 Å². The van der Waals surface area contributed by atoms with Crippen LogP contribution in [0.3, 0.4) is 0 Å². The van der Waals surface area contributed by atoms with E-state index < -0.39 is 0 Å². The lowest BCUT2D eigenvalue weighted by atomic mass is 9.83. The van der Waals surface area contributed by atoms with E-state index in [0.717, 1.165) is 5.70 Å². The minimum atomic E-state index is -0.0237. The molecule has 124 valence electrons. The van der Waals surface area contributed by atoms with Crippen molar-refractivity contribution in [2.45, 2.75) is 19.3 Å². The molecule has 0 aliphatic carbocycles. The highest BCUT2D eigenvalue weighted by Crippen LogP contribution is 2.47. The largest absolute Gasteiger partial charge is 0.348 e. The molecule has 4 rings (SSSR count). The number of likely N-dealkylation sites (N-methyl/N-ethyl adjacent to an activating group) is 1. The molecule has 0 N–H and O–H groups in total. The second kappa shape index (κ2) is 5.63. The van der Waals surface area contributed by atoms with Crippen LogP contribution >= 0.6 is 0 Å². The number of nitrogens with zero attached hydrogens (tertiary/aromatic N) is 1. The molecule has 0 atom stereocenters. The van der Waals surface area contributed by atoms with Crippen LogP contribution in [0.5, 0.6) is 0 Å². The van der Waals surface area contributed by atoms with Crippen LogP contribution in [0.1, 0.15) is 19.4 Å². The molecule has 0 fully saturated rings. The van der Waals surface area contributed by atoms with E-state index in [1.807, 2.05) is 0 Å². The zero-order valence-electron chi connectivity index (χ0n) is 15.1. The molecular formula is C24H23N. The maximum absolute atomic E-state index is 4.28. The number of anilines is 1. The second-order valence-electron chi connectivity index (χ2n) is 7.31. The van der Waals surface area contributed by atoms with Crippen molar-refractivity contribution < 1.29 is 0 Å². The summed E-state index contributed by atoms with van der Waals surface area (Å²) in [5.74, 6) is 0. The molecule has 25 heavy (non-hydrogen) atoms. The highest BCUT2D eigenvalue weighted by molar-refractivity contribution is 5.77. The Kier molecular flexibility index (Phi) is 3.54. The molecular weight excluding hydrogens is 302 g/mol. The third-order valence-electron chi connectivity index (χ3n) is 5.48. The standard InChI is InChI=1S/C24H23N/c1-17-24(2,3)22-16-21(14-15-23(22)25(17)4)20-12-10-19(11-13-20)18-8-6-5-7-9-18/h5-16H,1H2,2-4H3. The molecule has 0 unspecified atom stereocenters. The third-order valence-corrected chi connectivity index (χ3v) is 5.48. The van der Waals surface area contributed by atoms with Gasteiger partial charge in [0.25, 0.3) is 0 Å². The van der Waals surface area contributed by atoms with Gasteiger partial charge in [0.2, 0.25) is 0 Å². The number of rotatable bonds is 2. The quantitative estimate of drug-likeness (QED) is 0.537. The molecule has 0 saturated heterocycles. The van der Waals surface area contributed by atoms with Crippen molar-refractivity contribution in [3.63, 3.8) is 0 Å². The van der Waals surface area contributed by atoms with E-state index in [-0.39, 0.29) is 5.41 Å². The molecule has 1 heteroatoms. The predicted octanol–water partition coefficient (Wildman–Crippen LogP) is 6.26. The van der Waals surface area contributed by atoms with Gasteiger partial charge in [0.05, 0.1) is 0 Å². The summed E-state index contributed by atoms with van der Waals surface area (Å²) in [4.78, 5) is 2.21. The van der Waals surface area contributed by atoms with E-state index in [9.17, 15) is 0 Å². The van der Waals surface area contributed by atoms with Crippen molar-refractivity contribution in [3.8, 4) is 22.3 Å².